The second-order valence-electron chi connectivity index (χ2n) is 4.01. The zero-order valence-electron chi connectivity index (χ0n) is 10.3. The van der Waals surface area contributed by atoms with Gasteiger partial charge in [0.05, 0.1) is 25.9 Å². The number of carbonyl (C=O) groups is 3. The second-order valence-corrected chi connectivity index (χ2v) is 4.01. The van der Waals surface area contributed by atoms with E-state index in [4.69, 9.17) is 20.3 Å². The van der Waals surface area contributed by atoms with Crippen molar-refractivity contribution in [3.8, 4) is 0 Å². The van der Waals surface area contributed by atoms with Crippen LogP contribution in [0.1, 0.15) is 0 Å². The largest absolute Gasteiger partial charge is 0.481 e. The van der Waals surface area contributed by atoms with E-state index in [1.165, 1.54) is 0 Å². The van der Waals surface area contributed by atoms with Crippen molar-refractivity contribution < 1.29 is 29.0 Å². The number of hydrogen-bond acceptors (Lipinski definition) is 5. The Labute approximate surface area is 109 Å². The van der Waals surface area contributed by atoms with Crippen molar-refractivity contribution in [2.24, 2.45) is 11.7 Å². The summed E-state index contributed by atoms with van der Waals surface area (Å²) in [6, 6.07) is -1.06. The highest BCUT2D eigenvalue weighted by Crippen LogP contribution is 2.13. The van der Waals surface area contributed by atoms with E-state index in [0.717, 1.165) is 0 Å². The van der Waals surface area contributed by atoms with Crippen LogP contribution in [0, 0.1) is 5.92 Å². The minimum Gasteiger partial charge on any atom is -0.481 e. The van der Waals surface area contributed by atoms with Crippen LogP contribution in [-0.2, 0) is 19.1 Å². The summed E-state index contributed by atoms with van der Waals surface area (Å²) >= 11 is 0. The Bertz CT molecular complexity index is 348. The van der Waals surface area contributed by atoms with E-state index >= 15 is 0 Å². The van der Waals surface area contributed by atoms with Crippen LogP contribution in [0.5, 0.6) is 0 Å². The van der Waals surface area contributed by atoms with Crippen molar-refractivity contribution in [3.63, 3.8) is 0 Å². The minimum absolute atomic E-state index is 0.0853. The topological polar surface area (TPSA) is 140 Å². The van der Waals surface area contributed by atoms with E-state index in [0.29, 0.717) is 0 Å². The molecule has 1 saturated heterocycles. The predicted octanol–water partition coefficient (Wildman–Crippen LogP) is -2.11. The summed E-state index contributed by atoms with van der Waals surface area (Å²) in [7, 11) is 0. The number of rotatable bonds is 7. The maximum Gasteiger partial charge on any atom is 0.315 e. The molecule has 9 nitrogen and oxygen atoms in total. The van der Waals surface area contributed by atoms with Crippen molar-refractivity contribution >= 4 is 17.9 Å². The minimum atomic E-state index is -1.01. The number of carboxylic acids is 1. The summed E-state index contributed by atoms with van der Waals surface area (Å²) in [4.78, 5) is 32.6. The molecule has 1 fully saturated rings. The Kier molecular flexibility index (Phi) is 6.03. The van der Waals surface area contributed by atoms with Crippen LogP contribution in [0.4, 0.5) is 4.79 Å². The maximum absolute atomic E-state index is 11.4. The van der Waals surface area contributed by atoms with Gasteiger partial charge in [0.25, 0.3) is 0 Å². The van der Waals surface area contributed by atoms with Gasteiger partial charge in [0, 0.05) is 6.54 Å². The third kappa shape index (κ3) is 5.53. The van der Waals surface area contributed by atoms with Crippen molar-refractivity contribution in [1.82, 2.24) is 10.6 Å². The van der Waals surface area contributed by atoms with Crippen LogP contribution >= 0.6 is 0 Å². The molecular weight excluding hydrogens is 258 g/mol. The first-order valence-corrected chi connectivity index (χ1v) is 5.71. The van der Waals surface area contributed by atoms with Crippen LogP contribution in [0.15, 0.2) is 0 Å². The van der Waals surface area contributed by atoms with Gasteiger partial charge in [-0.15, -0.1) is 0 Å². The lowest BCUT2D eigenvalue weighted by atomic mass is 10.0. The van der Waals surface area contributed by atoms with Crippen LogP contribution in [0.3, 0.4) is 0 Å². The molecule has 0 aromatic heterocycles. The lowest BCUT2D eigenvalue weighted by molar-refractivity contribution is -0.142. The summed E-state index contributed by atoms with van der Waals surface area (Å²) in [6.07, 6.45) is 0. The number of carbonyl (C=O) groups excluding carboxylic acids is 2. The molecule has 5 N–H and O–H groups in total. The Balaban J connectivity index is 2.17. The molecule has 1 aliphatic heterocycles. The van der Waals surface area contributed by atoms with Gasteiger partial charge < -0.3 is 30.9 Å². The van der Waals surface area contributed by atoms with Gasteiger partial charge >= 0.3 is 12.0 Å². The van der Waals surface area contributed by atoms with Gasteiger partial charge in [0.2, 0.25) is 5.91 Å². The molecule has 108 valence electrons. The monoisotopic (exact) mass is 275 g/mol. The lowest BCUT2D eigenvalue weighted by Crippen LogP contribution is -2.47. The first-order valence-electron chi connectivity index (χ1n) is 5.71. The summed E-state index contributed by atoms with van der Waals surface area (Å²) in [6.45, 7) is 0.371. The second kappa shape index (κ2) is 7.54. The molecule has 0 bridgehead atoms. The van der Waals surface area contributed by atoms with Gasteiger partial charge in [-0.1, -0.05) is 0 Å². The number of hydrogen-bond donors (Lipinski definition) is 4. The average Bonchev–Trinajstić information content (AvgIpc) is 2.76. The zero-order chi connectivity index (χ0) is 14.3. The number of amides is 3. The van der Waals surface area contributed by atoms with E-state index in [2.05, 4.69) is 10.6 Å². The fourth-order valence-corrected chi connectivity index (χ4v) is 1.57. The van der Waals surface area contributed by atoms with Crippen molar-refractivity contribution in [3.05, 3.63) is 0 Å². The average molecular weight is 275 g/mol. The fourth-order valence-electron chi connectivity index (χ4n) is 1.57. The quantitative estimate of drug-likeness (QED) is 0.392. The van der Waals surface area contributed by atoms with E-state index in [9.17, 15) is 14.4 Å². The number of carboxylic acid groups (broad SMARTS) is 1. The third-order valence-electron chi connectivity index (χ3n) is 2.49. The molecular formula is C10H17N3O6. The summed E-state index contributed by atoms with van der Waals surface area (Å²) in [5.74, 6) is -2.33. The normalized spacial score (nSPS) is 21.9. The molecule has 9 heteroatoms. The molecule has 19 heavy (non-hydrogen) atoms. The molecule has 0 aromatic carbocycles. The fraction of sp³-hybridized carbons (Fsp3) is 0.700. The molecule has 0 radical (unpaired) electrons. The summed E-state index contributed by atoms with van der Waals surface area (Å²) in [5.41, 5.74) is 4.85. The summed E-state index contributed by atoms with van der Waals surface area (Å²) in [5, 5.41) is 13.9. The standard InChI is InChI=1S/C10H17N3O6/c11-8(14)5-18-2-1-12-10(17)13-7-4-19-3-6(7)9(15)16/h6-7H,1-5H2,(H2,11,14)(H,15,16)(H2,12,13,17). The first kappa shape index (κ1) is 15.2. The van der Waals surface area contributed by atoms with Gasteiger partial charge in [-0.05, 0) is 0 Å². The van der Waals surface area contributed by atoms with Gasteiger partial charge in [0.15, 0.2) is 0 Å². The SMILES string of the molecule is NC(=O)COCCNC(=O)NC1COCC1C(=O)O. The molecule has 1 heterocycles. The molecule has 2 unspecified atom stereocenters. The molecule has 0 spiro atoms. The predicted molar refractivity (Wildman–Crippen MR) is 62.3 cm³/mol. The Morgan fingerprint density at radius 3 is 2.74 bits per heavy atom. The van der Waals surface area contributed by atoms with E-state index < -0.39 is 29.9 Å². The van der Waals surface area contributed by atoms with Crippen LogP contribution < -0.4 is 16.4 Å². The van der Waals surface area contributed by atoms with Crippen molar-refractivity contribution in [2.45, 2.75) is 6.04 Å². The maximum atomic E-state index is 11.4. The molecule has 1 rings (SSSR count). The first-order chi connectivity index (χ1) is 9.00. The van der Waals surface area contributed by atoms with Crippen molar-refractivity contribution in [2.75, 3.05) is 33.0 Å². The van der Waals surface area contributed by atoms with Crippen LogP contribution in [0.2, 0.25) is 0 Å². The van der Waals surface area contributed by atoms with Gasteiger partial charge in [-0.2, -0.15) is 0 Å². The van der Waals surface area contributed by atoms with Gasteiger partial charge in [-0.3, -0.25) is 9.59 Å². The smallest absolute Gasteiger partial charge is 0.315 e. The molecule has 0 aromatic rings. The highest BCUT2D eigenvalue weighted by molar-refractivity contribution is 5.77. The third-order valence-corrected chi connectivity index (χ3v) is 2.49. The number of nitrogens with two attached hydrogens (primary N) is 1. The highest BCUT2D eigenvalue weighted by Gasteiger charge is 2.34. The Morgan fingerprint density at radius 1 is 1.37 bits per heavy atom. The van der Waals surface area contributed by atoms with E-state index in [-0.39, 0.29) is 33.0 Å². The molecule has 1 aliphatic rings. The van der Waals surface area contributed by atoms with Gasteiger partial charge in [-0.25, -0.2) is 4.79 Å². The number of urea groups is 1. The molecule has 3 amide bonds. The van der Waals surface area contributed by atoms with E-state index in [1.807, 2.05) is 0 Å². The lowest BCUT2D eigenvalue weighted by Gasteiger charge is -2.16. The number of nitrogens with one attached hydrogen (secondary N) is 2. The van der Waals surface area contributed by atoms with Crippen LogP contribution in [0.25, 0.3) is 0 Å². The van der Waals surface area contributed by atoms with E-state index in [1.54, 1.807) is 0 Å². The number of ether oxygens (including phenoxy) is 2. The highest BCUT2D eigenvalue weighted by atomic mass is 16.5. The number of aliphatic carboxylic acids is 1. The molecule has 2 atom stereocenters. The molecule has 0 aliphatic carbocycles. The Morgan fingerprint density at radius 2 is 2.11 bits per heavy atom. The molecule has 0 saturated carbocycles. The van der Waals surface area contributed by atoms with Crippen molar-refractivity contribution in [1.29, 1.82) is 0 Å². The summed E-state index contributed by atoms with van der Waals surface area (Å²) < 4.78 is 9.84. The van der Waals surface area contributed by atoms with Crippen LogP contribution in [-0.4, -0.2) is 62.0 Å². The zero-order valence-corrected chi connectivity index (χ0v) is 10.3. The number of primary amides is 1. The Hall–Kier alpha value is -1.87. The van der Waals surface area contributed by atoms with Gasteiger partial charge in [0.1, 0.15) is 12.5 Å².